The molecule has 0 atom stereocenters. The van der Waals surface area contributed by atoms with E-state index in [0.717, 1.165) is 0 Å². The van der Waals surface area contributed by atoms with E-state index in [9.17, 15) is 26.0 Å². The van der Waals surface area contributed by atoms with Crippen molar-refractivity contribution in [1.82, 2.24) is 0 Å². The van der Waals surface area contributed by atoms with Gasteiger partial charge in [0.1, 0.15) is 0 Å². The minimum atomic E-state index is -5.53. The van der Waals surface area contributed by atoms with Crippen LogP contribution in [0.4, 0.5) is 17.6 Å². The first-order chi connectivity index (χ1) is 12.1. The molecule has 0 saturated heterocycles. The highest BCUT2D eigenvalue weighted by Gasteiger charge is 2.34. The molecule has 6 nitrogen and oxygen atoms in total. The van der Waals surface area contributed by atoms with Crippen LogP contribution in [-0.2, 0) is 10.1 Å². The molecule has 1 aromatic carbocycles. The van der Waals surface area contributed by atoms with Crippen molar-refractivity contribution in [1.29, 1.82) is 0 Å². The highest BCUT2D eigenvalue weighted by Crippen LogP contribution is 2.33. The lowest BCUT2D eigenvalue weighted by molar-refractivity contribution is 0.147. The summed E-state index contributed by atoms with van der Waals surface area (Å²) in [7, 11) is -5.53. The molecular formula is C15H20F4O6S. The molecule has 11 heteroatoms. The van der Waals surface area contributed by atoms with Crippen LogP contribution in [0.2, 0.25) is 0 Å². The average Bonchev–Trinajstić information content (AvgIpc) is 2.55. The molecule has 0 saturated carbocycles. The Morgan fingerprint density at radius 2 is 1.23 bits per heavy atom. The van der Waals surface area contributed by atoms with Crippen LogP contribution in [0.1, 0.15) is 38.5 Å². The Kier molecular flexibility index (Phi) is 8.74. The molecule has 0 amide bonds. The lowest BCUT2D eigenvalue weighted by Gasteiger charge is -2.20. The van der Waals surface area contributed by atoms with Crippen molar-refractivity contribution in [2.45, 2.75) is 49.5 Å². The molecule has 0 bridgehead atoms. The average molecular weight is 404 g/mol. The second-order valence-electron chi connectivity index (χ2n) is 5.57. The van der Waals surface area contributed by atoms with E-state index in [4.69, 9.17) is 19.5 Å². The van der Waals surface area contributed by atoms with Crippen LogP contribution in [0.5, 0.6) is 5.75 Å². The fraction of sp³-hybridized carbons (Fsp3) is 0.600. The van der Waals surface area contributed by atoms with Crippen molar-refractivity contribution in [2.75, 3.05) is 13.2 Å². The summed E-state index contributed by atoms with van der Waals surface area (Å²) >= 11 is 0. The summed E-state index contributed by atoms with van der Waals surface area (Å²) in [6.45, 7) is -0.253. The molecular weight excluding hydrogens is 384 g/mol. The fourth-order valence-corrected chi connectivity index (χ4v) is 2.95. The van der Waals surface area contributed by atoms with Gasteiger partial charge < -0.3 is 14.9 Å². The molecule has 0 unspecified atom stereocenters. The van der Waals surface area contributed by atoms with E-state index in [-0.39, 0.29) is 26.1 Å². The van der Waals surface area contributed by atoms with Gasteiger partial charge in [0, 0.05) is 13.2 Å². The van der Waals surface area contributed by atoms with E-state index in [1.165, 1.54) is 0 Å². The molecule has 0 aliphatic carbocycles. The van der Waals surface area contributed by atoms with Crippen LogP contribution < -0.4 is 4.74 Å². The Bertz CT molecular complexity index is 672. The number of unbranched alkanes of at least 4 members (excludes halogenated alkanes) is 2. The normalized spacial score (nSPS) is 12.0. The first-order valence-corrected chi connectivity index (χ1v) is 9.30. The maximum Gasteiger partial charge on any atom is 0.300 e. The number of hydrogen-bond acceptors (Lipinski definition) is 5. The van der Waals surface area contributed by atoms with Crippen LogP contribution in [0.25, 0.3) is 0 Å². The summed E-state index contributed by atoms with van der Waals surface area (Å²) in [5, 5.41) is 17.6. The van der Waals surface area contributed by atoms with Crippen LogP contribution in [0.15, 0.2) is 4.90 Å². The SMILES string of the molecule is O=S(=O)(O)c1c(F)c(F)c(OC(CCCCO)CCCCO)c(F)c1F. The Labute approximate surface area is 148 Å². The second kappa shape index (κ2) is 10.0. The maximum atomic E-state index is 14.0. The topological polar surface area (TPSA) is 104 Å². The van der Waals surface area contributed by atoms with Crippen molar-refractivity contribution in [3.05, 3.63) is 23.3 Å². The molecule has 150 valence electrons. The zero-order valence-corrected chi connectivity index (χ0v) is 14.5. The van der Waals surface area contributed by atoms with Crippen LogP contribution in [-0.4, -0.2) is 42.5 Å². The number of aliphatic hydroxyl groups excluding tert-OH is 2. The van der Waals surface area contributed by atoms with Gasteiger partial charge in [-0.2, -0.15) is 17.2 Å². The molecule has 0 aliphatic heterocycles. The molecule has 0 fully saturated rings. The van der Waals surface area contributed by atoms with E-state index >= 15 is 0 Å². The number of benzene rings is 1. The molecule has 3 N–H and O–H groups in total. The van der Waals surface area contributed by atoms with Crippen molar-refractivity contribution in [2.24, 2.45) is 0 Å². The molecule has 1 aromatic rings. The third kappa shape index (κ3) is 5.79. The van der Waals surface area contributed by atoms with Gasteiger partial charge in [-0.05, 0) is 38.5 Å². The van der Waals surface area contributed by atoms with Gasteiger partial charge in [-0.25, -0.2) is 8.78 Å². The molecule has 1 rings (SSSR count). The Hall–Kier alpha value is -1.43. The fourth-order valence-electron chi connectivity index (χ4n) is 2.32. The molecule has 0 radical (unpaired) electrons. The van der Waals surface area contributed by atoms with Crippen molar-refractivity contribution < 1.29 is 45.5 Å². The van der Waals surface area contributed by atoms with E-state index in [0.29, 0.717) is 25.7 Å². The van der Waals surface area contributed by atoms with Crippen molar-refractivity contribution >= 4 is 10.1 Å². The minimum absolute atomic E-state index is 0.127. The maximum absolute atomic E-state index is 14.0. The molecule has 0 spiro atoms. The van der Waals surface area contributed by atoms with Crippen molar-refractivity contribution in [3.63, 3.8) is 0 Å². The zero-order chi connectivity index (χ0) is 19.9. The van der Waals surface area contributed by atoms with Gasteiger partial charge in [-0.3, -0.25) is 4.55 Å². The van der Waals surface area contributed by atoms with E-state index < -0.39 is 50.1 Å². The second-order valence-corrected chi connectivity index (χ2v) is 6.93. The van der Waals surface area contributed by atoms with E-state index in [2.05, 4.69) is 0 Å². The highest BCUT2D eigenvalue weighted by molar-refractivity contribution is 7.85. The predicted molar refractivity (Wildman–Crippen MR) is 82.4 cm³/mol. The third-order valence-electron chi connectivity index (χ3n) is 3.59. The van der Waals surface area contributed by atoms with Crippen LogP contribution in [0.3, 0.4) is 0 Å². The molecule has 0 aromatic heterocycles. The lowest BCUT2D eigenvalue weighted by atomic mass is 10.1. The summed E-state index contributed by atoms with van der Waals surface area (Å²) < 4.78 is 91.2. The Balaban J connectivity index is 3.18. The molecule has 0 heterocycles. The van der Waals surface area contributed by atoms with Crippen molar-refractivity contribution in [3.8, 4) is 5.75 Å². The lowest BCUT2D eigenvalue weighted by Crippen LogP contribution is -2.20. The predicted octanol–water partition coefficient (Wildman–Crippen LogP) is 2.56. The monoisotopic (exact) mass is 404 g/mol. The molecule has 26 heavy (non-hydrogen) atoms. The first kappa shape index (κ1) is 22.6. The number of ether oxygens (including phenoxy) is 1. The standard InChI is InChI=1S/C15H20F4O6S/c16-10-12(18)15(26(22,23)24)13(19)11(17)14(10)25-9(5-1-3-7-20)6-2-4-8-21/h9,20-21H,1-8H2,(H,22,23,24). The summed E-state index contributed by atoms with van der Waals surface area (Å²) in [6, 6.07) is 0. The van der Waals surface area contributed by atoms with Crippen LogP contribution >= 0.6 is 0 Å². The highest BCUT2D eigenvalue weighted by atomic mass is 32.2. The summed E-state index contributed by atoms with van der Waals surface area (Å²) in [6.07, 6.45) is 1.06. The molecule has 0 aliphatic rings. The zero-order valence-electron chi connectivity index (χ0n) is 13.7. The van der Waals surface area contributed by atoms with Crippen LogP contribution in [0, 0.1) is 23.3 Å². The first-order valence-electron chi connectivity index (χ1n) is 7.86. The van der Waals surface area contributed by atoms with Gasteiger partial charge >= 0.3 is 10.1 Å². The largest absolute Gasteiger partial charge is 0.484 e. The summed E-state index contributed by atoms with van der Waals surface area (Å²) in [5.41, 5.74) is 0. The number of aliphatic hydroxyl groups is 2. The number of rotatable bonds is 11. The summed E-state index contributed by atoms with van der Waals surface area (Å²) in [5.74, 6) is -10.2. The van der Waals surface area contributed by atoms with Gasteiger partial charge in [0.25, 0.3) is 0 Å². The van der Waals surface area contributed by atoms with Gasteiger partial charge in [0.05, 0.1) is 6.10 Å². The smallest absolute Gasteiger partial charge is 0.300 e. The third-order valence-corrected chi connectivity index (χ3v) is 4.47. The quantitative estimate of drug-likeness (QED) is 0.227. The van der Waals surface area contributed by atoms with E-state index in [1.807, 2.05) is 0 Å². The number of halogens is 4. The number of hydrogen-bond donors (Lipinski definition) is 3. The van der Waals surface area contributed by atoms with Gasteiger partial charge in [-0.1, -0.05) is 0 Å². The van der Waals surface area contributed by atoms with Gasteiger partial charge in [0.15, 0.2) is 22.3 Å². The van der Waals surface area contributed by atoms with Gasteiger partial charge in [-0.15, -0.1) is 0 Å². The minimum Gasteiger partial charge on any atom is -0.484 e. The Morgan fingerprint density at radius 1 is 0.808 bits per heavy atom. The summed E-state index contributed by atoms with van der Waals surface area (Å²) in [4.78, 5) is -2.13. The Morgan fingerprint density at radius 3 is 1.58 bits per heavy atom. The van der Waals surface area contributed by atoms with Gasteiger partial charge in [0.2, 0.25) is 11.6 Å². The van der Waals surface area contributed by atoms with E-state index in [1.54, 1.807) is 0 Å².